The Morgan fingerprint density at radius 2 is 1.76 bits per heavy atom. The number of allylic oxidation sites excluding steroid dienone is 1. The first-order valence-electron chi connectivity index (χ1n) is 14.8. The second-order valence-electron chi connectivity index (χ2n) is 11.4. The molecular weight excluding hydrogens is 535 g/mol. The van der Waals surface area contributed by atoms with Gasteiger partial charge in [0.2, 0.25) is 0 Å². The minimum atomic E-state index is -4.44. The SMILES string of the molecule is C=CCc1cc2c3c(cc(-c4ccc(C(F)(F)F)cc4)c4c3c1-c1ccccc1O4)C(=O)N(CC(CC)CCCC)C2. The fraction of sp³-hybridized carbons (Fsp3) is 0.306. The molecule has 2 aliphatic heterocycles. The molecule has 3 nitrogen and oxygen atoms in total. The molecular formula is C36H34F3NO2. The van der Waals surface area contributed by atoms with Crippen LogP contribution in [-0.4, -0.2) is 17.4 Å². The third-order valence-corrected chi connectivity index (χ3v) is 8.68. The molecule has 4 aromatic rings. The predicted octanol–water partition coefficient (Wildman–Crippen LogP) is 10.2. The summed E-state index contributed by atoms with van der Waals surface area (Å²) in [6.07, 6.45) is 2.37. The second-order valence-corrected chi connectivity index (χ2v) is 11.4. The van der Waals surface area contributed by atoms with E-state index in [0.717, 1.165) is 70.8 Å². The van der Waals surface area contributed by atoms with E-state index in [9.17, 15) is 18.0 Å². The number of hydrogen-bond acceptors (Lipinski definition) is 2. The Kier molecular flexibility index (Phi) is 7.34. The van der Waals surface area contributed by atoms with Crippen LogP contribution >= 0.6 is 0 Å². The molecule has 1 unspecified atom stereocenters. The van der Waals surface area contributed by atoms with Crippen LogP contribution in [0, 0.1) is 5.92 Å². The van der Waals surface area contributed by atoms with Gasteiger partial charge in [-0.05, 0) is 59.7 Å². The first-order chi connectivity index (χ1) is 20.2. The first-order valence-corrected chi connectivity index (χ1v) is 14.8. The molecule has 6 rings (SSSR count). The monoisotopic (exact) mass is 569 g/mol. The number of rotatable bonds is 9. The average molecular weight is 570 g/mol. The van der Waals surface area contributed by atoms with Gasteiger partial charge in [-0.15, -0.1) is 6.58 Å². The minimum absolute atomic E-state index is 0.0431. The summed E-state index contributed by atoms with van der Waals surface area (Å²) in [6.45, 7) is 9.54. The van der Waals surface area contributed by atoms with E-state index in [1.807, 2.05) is 41.3 Å². The Morgan fingerprint density at radius 3 is 2.45 bits per heavy atom. The van der Waals surface area contributed by atoms with Gasteiger partial charge in [0.05, 0.1) is 5.56 Å². The lowest BCUT2D eigenvalue weighted by Gasteiger charge is -2.35. The maximum Gasteiger partial charge on any atom is 0.416 e. The highest BCUT2D eigenvalue weighted by Crippen LogP contribution is 2.54. The maximum atomic E-state index is 14.2. The predicted molar refractivity (Wildman–Crippen MR) is 162 cm³/mol. The molecule has 0 spiro atoms. The topological polar surface area (TPSA) is 29.5 Å². The van der Waals surface area contributed by atoms with E-state index in [2.05, 4.69) is 26.5 Å². The number of nitrogens with zero attached hydrogens (tertiary/aromatic N) is 1. The molecule has 2 heterocycles. The van der Waals surface area contributed by atoms with Gasteiger partial charge in [0.25, 0.3) is 5.91 Å². The fourth-order valence-electron chi connectivity index (χ4n) is 6.53. The molecule has 0 radical (unpaired) electrons. The van der Waals surface area contributed by atoms with Crippen molar-refractivity contribution in [2.45, 2.75) is 58.7 Å². The summed E-state index contributed by atoms with van der Waals surface area (Å²) in [5, 5.41) is 1.72. The van der Waals surface area contributed by atoms with E-state index >= 15 is 0 Å². The number of hydrogen-bond donors (Lipinski definition) is 0. The lowest BCUT2D eigenvalue weighted by atomic mass is 9.81. The van der Waals surface area contributed by atoms with Crippen LogP contribution < -0.4 is 4.74 Å². The van der Waals surface area contributed by atoms with Crippen LogP contribution in [0.25, 0.3) is 33.0 Å². The normalized spacial score (nSPS) is 14.5. The number of amides is 1. The standard InChI is InChI=1S/C36H34F3NO2/c1-4-7-11-22(6-3)20-40-21-25-18-24(10-5-2)31-27-12-8-9-13-30(27)42-34-28(19-29(35(40)41)32(25)33(31)34)23-14-16-26(17-15-23)36(37,38)39/h5,8-9,12-19,22H,2,4,6-7,10-11,20-21H2,1,3H3. The molecule has 2 aliphatic rings. The highest BCUT2D eigenvalue weighted by Gasteiger charge is 2.35. The number of benzene rings is 4. The molecule has 1 amide bonds. The van der Waals surface area contributed by atoms with Gasteiger partial charge in [-0.3, -0.25) is 4.79 Å². The van der Waals surface area contributed by atoms with Crippen molar-refractivity contribution < 1.29 is 22.7 Å². The van der Waals surface area contributed by atoms with E-state index in [-0.39, 0.29) is 5.91 Å². The van der Waals surface area contributed by atoms with Gasteiger partial charge in [0.15, 0.2) is 0 Å². The van der Waals surface area contributed by atoms with Gasteiger partial charge < -0.3 is 9.64 Å². The molecule has 0 aromatic heterocycles. The van der Waals surface area contributed by atoms with E-state index in [0.29, 0.717) is 53.6 Å². The zero-order valence-electron chi connectivity index (χ0n) is 24.0. The maximum absolute atomic E-state index is 14.2. The number of carbonyl (C=O) groups excluding carboxylic acids is 1. The van der Waals surface area contributed by atoms with Gasteiger partial charge in [-0.25, -0.2) is 0 Å². The van der Waals surface area contributed by atoms with Crippen molar-refractivity contribution in [2.24, 2.45) is 5.92 Å². The molecule has 0 fully saturated rings. The molecule has 0 saturated carbocycles. The summed E-state index contributed by atoms with van der Waals surface area (Å²) in [5.41, 5.74) is 5.11. The number of halogens is 3. The van der Waals surface area contributed by atoms with Crippen molar-refractivity contribution >= 4 is 16.7 Å². The molecule has 4 aromatic carbocycles. The van der Waals surface area contributed by atoms with Gasteiger partial charge in [0, 0.05) is 46.1 Å². The lowest BCUT2D eigenvalue weighted by Crippen LogP contribution is -2.37. The molecule has 1 atom stereocenters. The van der Waals surface area contributed by atoms with Gasteiger partial charge in [0.1, 0.15) is 11.5 Å². The van der Waals surface area contributed by atoms with Crippen LogP contribution in [0.4, 0.5) is 13.2 Å². The molecule has 0 bridgehead atoms. The Bertz CT molecular complexity index is 1690. The van der Waals surface area contributed by atoms with E-state index in [4.69, 9.17) is 4.74 Å². The highest BCUT2D eigenvalue weighted by atomic mass is 19.4. The molecule has 216 valence electrons. The number of fused-ring (bicyclic) bond motifs is 2. The highest BCUT2D eigenvalue weighted by molar-refractivity contribution is 6.19. The number of unbranched alkanes of at least 4 members (excludes halogenated alkanes) is 1. The summed E-state index contributed by atoms with van der Waals surface area (Å²) in [4.78, 5) is 16.2. The Labute approximate surface area is 244 Å². The number of alkyl halides is 3. The fourth-order valence-corrected chi connectivity index (χ4v) is 6.53. The van der Waals surface area contributed by atoms with E-state index in [1.54, 1.807) is 0 Å². The quantitative estimate of drug-likeness (QED) is 0.165. The smallest absolute Gasteiger partial charge is 0.416 e. The summed E-state index contributed by atoms with van der Waals surface area (Å²) in [6, 6.07) is 16.9. The van der Waals surface area contributed by atoms with Gasteiger partial charge >= 0.3 is 6.18 Å². The molecule has 42 heavy (non-hydrogen) atoms. The lowest BCUT2D eigenvalue weighted by molar-refractivity contribution is -0.137. The van der Waals surface area contributed by atoms with Crippen molar-refractivity contribution in [3.63, 3.8) is 0 Å². The van der Waals surface area contributed by atoms with Crippen LogP contribution in [0.1, 0.15) is 66.6 Å². The van der Waals surface area contributed by atoms with E-state index in [1.165, 1.54) is 12.1 Å². The van der Waals surface area contributed by atoms with Crippen molar-refractivity contribution in [1.82, 2.24) is 4.90 Å². The molecule has 0 N–H and O–H groups in total. The summed E-state index contributed by atoms with van der Waals surface area (Å²) in [7, 11) is 0. The summed E-state index contributed by atoms with van der Waals surface area (Å²) < 4.78 is 46.8. The van der Waals surface area contributed by atoms with E-state index < -0.39 is 11.7 Å². The zero-order chi connectivity index (χ0) is 29.6. The Morgan fingerprint density at radius 1 is 1.00 bits per heavy atom. The second kappa shape index (κ2) is 11.0. The third-order valence-electron chi connectivity index (χ3n) is 8.68. The Balaban J connectivity index is 1.61. The third kappa shape index (κ3) is 4.77. The van der Waals surface area contributed by atoms with Gasteiger partial charge in [-0.2, -0.15) is 13.2 Å². The van der Waals surface area contributed by atoms with Crippen molar-refractivity contribution in [3.8, 4) is 33.8 Å². The average Bonchev–Trinajstić information content (AvgIpc) is 2.98. The molecule has 0 aliphatic carbocycles. The molecule has 6 heteroatoms. The zero-order valence-corrected chi connectivity index (χ0v) is 24.0. The van der Waals surface area contributed by atoms with Gasteiger partial charge in [-0.1, -0.05) is 75.6 Å². The minimum Gasteiger partial charge on any atom is -0.455 e. The van der Waals surface area contributed by atoms with Crippen molar-refractivity contribution in [1.29, 1.82) is 0 Å². The number of para-hydroxylation sites is 1. The largest absolute Gasteiger partial charge is 0.455 e. The van der Waals surface area contributed by atoms with Crippen LogP contribution in [0.15, 0.2) is 73.3 Å². The van der Waals surface area contributed by atoms with Crippen LogP contribution in [0.3, 0.4) is 0 Å². The molecule has 0 saturated heterocycles. The first kappa shape index (κ1) is 28.1. The number of ether oxygens (including phenoxy) is 1. The number of carbonyl (C=O) groups is 1. The van der Waals surface area contributed by atoms with Crippen LogP contribution in [-0.2, 0) is 19.1 Å². The summed E-state index contributed by atoms with van der Waals surface area (Å²) >= 11 is 0. The van der Waals surface area contributed by atoms with Crippen LogP contribution in [0.2, 0.25) is 0 Å². The Hall–Kier alpha value is -4.06. The van der Waals surface area contributed by atoms with Crippen molar-refractivity contribution in [2.75, 3.05) is 6.54 Å². The van der Waals surface area contributed by atoms with Crippen molar-refractivity contribution in [3.05, 3.63) is 95.6 Å². The summed E-state index contributed by atoms with van der Waals surface area (Å²) in [5.74, 6) is 1.61. The van der Waals surface area contributed by atoms with Crippen LogP contribution in [0.5, 0.6) is 11.5 Å².